The van der Waals surface area contributed by atoms with Crippen molar-refractivity contribution in [2.45, 2.75) is 6.92 Å². The van der Waals surface area contributed by atoms with Crippen LogP contribution in [0.1, 0.15) is 25.6 Å². The molecule has 0 saturated carbocycles. The standard InChI is InChI=1S/C21H20N2O2S/c1-14-4-6-15(7-5-14)18-12-13-26-19(18)20(24)22-17-10-8-16(9-11-17)21(25)23(2)3/h4-13H,1-3H3,(H,22,24). The summed E-state index contributed by atoms with van der Waals surface area (Å²) in [5.41, 5.74) is 4.38. The first-order valence-corrected chi connectivity index (χ1v) is 9.11. The van der Waals surface area contributed by atoms with Gasteiger partial charge in [-0.1, -0.05) is 29.8 Å². The lowest BCUT2D eigenvalue weighted by molar-refractivity contribution is 0.0827. The van der Waals surface area contributed by atoms with E-state index in [0.29, 0.717) is 16.1 Å². The Kier molecular flexibility index (Phi) is 5.19. The van der Waals surface area contributed by atoms with Crippen LogP contribution in [0.5, 0.6) is 0 Å². The number of rotatable bonds is 4. The largest absolute Gasteiger partial charge is 0.345 e. The van der Waals surface area contributed by atoms with Crippen LogP contribution in [-0.4, -0.2) is 30.8 Å². The molecule has 0 saturated heterocycles. The molecule has 0 bridgehead atoms. The van der Waals surface area contributed by atoms with Crippen LogP contribution >= 0.6 is 11.3 Å². The number of amides is 2. The van der Waals surface area contributed by atoms with Crippen LogP contribution in [0.25, 0.3) is 11.1 Å². The Bertz CT molecular complexity index is 925. The first-order chi connectivity index (χ1) is 12.5. The zero-order valence-corrected chi connectivity index (χ0v) is 15.8. The Morgan fingerprint density at radius 2 is 1.58 bits per heavy atom. The number of carbonyl (C=O) groups is 2. The molecule has 0 radical (unpaired) electrons. The van der Waals surface area contributed by atoms with E-state index < -0.39 is 0 Å². The fourth-order valence-electron chi connectivity index (χ4n) is 2.59. The molecule has 0 aliphatic rings. The van der Waals surface area contributed by atoms with Gasteiger partial charge in [-0.05, 0) is 48.2 Å². The summed E-state index contributed by atoms with van der Waals surface area (Å²) in [5.74, 6) is -0.218. The summed E-state index contributed by atoms with van der Waals surface area (Å²) in [6.07, 6.45) is 0. The molecule has 26 heavy (non-hydrogen) atoms. The molecule has 0 spiro atoms. The Morgan fingerprint density at radius 1 is 0.923 bits per heavy atom. The fraction of sp³-hybridized carbons (Fsp3) is 0.143. The van der Waals surface area contributed by atoms with Crippen LogP contribution in [0.15, 0.2) is 60.0 Å². The van der Waals surface area contributed by atoms with Crippen molar-refractivity contribution in [2.75, 3.05) is 19.4 Å². The van der Waals surface area contributed by atoms with Crippen molar-refractivity contribution in [3.8, 4) is 11.1 Å². The second-order valence-corrected chi connectivity index (χ2v) is 7.18. The Labute approximate surface area is 157 Å². The van der Waals surface area contributed by atoms with E-state index in [1.165, 1.54) is 21.8 Å². The smallest absolute Gasteiger partial charge is 0.266 e. The molecule has 1 aromatic heterocycles. The molecular formula is C21H20N2O2S. The Hall–Kier alpha value is -2.92. The highest BCUT2D eigenvalue weighted by Crippen LogP contribution is 2.29. The molecule has 1 heterocycles. The van der Waals surface area contributed by atoms with Crippen LogP contribution in [0, 0.1) is 6.92 Å². The molecule has 3 aromatic rings. The van der Waals surface area contributed by atoms with Crippen molar-refractivity contribution in [2.24, 2.45) is 0 Å². The van der Waals surface area contributed by atoms with E-state index in [4.69, 9.17) is 0 Å². The van der Waals surface area contributed by atoms with Crippen molar-refractivity contribution in [3.05, 3.63) is 76.0 Å². The number of thiophene rings is 1. The zero-order chi connectivity index (χ0) is 18.7. The number of hydrogen-bond acceptors (Lipinski definition) is 3. The highest BCUT2D eigenvalue weighted by atomic mass is 32.1. The van der Waals surface area contributed by atoms with Gasteiger partial charge in [0.25, 0.3) is 11.8 Å². The fourth-order valence-corrected chi connectivity index (χ4v) is 3.40. The number of nitrogens with zero attached hydrogens (tertiary/aromatic N) is 1. The average Bonchev–Trinajstić information content (AvgIpc) is 3.12. The molecule has 2 aromatic carbocycles. The van der Waals surface area contributed by atoms with Gasteiger partial charge in [-0.3, -0.25) is 9.59 Å². The summed E-state index contributed by atoms with van der Waals surface area (Å²) in [7, 11) is 3.42. The first kappa shape index (κ1) is 17.9. The van der Waals surface area contributed by atoms with E-state index in [0.717, 1.165) is 11.1 Å². The van der Waals surface area contributed by atoms with Gasteiger partial charge >= 0.3 is 0 Å². The average molecular weight is 364 g/mol. The molecule has 4 nitrogen and oxygen atoms in total. The van der Waals surface area contributed by atoms with E-state index in [1.54, 1.807) is 38.4 Å². The van der Waals surface area contributed by atoms with Gasteiger partial charge in [0.1, 0.15) is 0 Å². The molecule has 5 heteroatoms. The number of nitrogens with one attached hydrogen (secondary N) is 1. The first-order valence-electron chi connectivity index (χ1n) is 8.23. The Balaban J connectivity index is 1.78. The Morgan fingerprint density at radius 3 is 2.19 bits per heavy atom. The zero-order valence-electron chi connectivity index (χ0n) is 14.9. The topological polar surface area (TPSA) is 49.4 Å². The normalized spacial score (nSPS) is 10.4. The molecule has 0 atom stereocenters. The molecule has 2 amide bonds. The quantitative estimate of drug-likeness (QED) is 0.731. The predicted octanol–water partition coefficient (Wildman–Crippen LogP) is 4.68. The summed E-state index contributed by atoms with van der Waals surface area (Å²) < 4.78 is 0. The molecule has 0 aliphatic heterocycles. The highest BCUT2D eigenvalue weighted by molar-refractivity contribution is 7.12. The van der Waals surface area contributed by atoms with Gasteiger partial charge in [0.15, 0.2) is 0 Å². The van der Waals surface area contributed by atoms with E-state index in [-0.39, 0.29) is 11.8 Å². The molecule has 0 fully saturated rings. The molecule has 0 aliphatic carbocycles. The van der Waals surface area contributed by atoms with Crippen LogP contribution in [0.4, 0.5) is 5.69 Å². The maximum atomic E-state index is 12.7. The number of carbonyl (C=O) groups excluding carboxylic acids is 2. The van der Waals surface area contributed by atoms with Crippen LogP contribution in [-0.2, 0) is 0 Å². The third kappa shape index (κ3) is 3.83. The highest BCUT2D eigenvalue weighted by Gasteiger charge is 2.15. The van der Waals surface area contributed by atoms with Gasteiger partial charge in [-0.2, -0.15) is 0 Å². The van der Waals surface area contributed by atoms with Crippen LogP contribution in [0.3, 0.4) is 0 Å². The minimum atomic E-state index is -0.151. The van der Waals surface area contributed by atoms with Gasteiger partial charge in [0, 0.05) is 30.9 Å². The molecule has 132 valence electrons. The van der Waals surface area contributed by atoms with E-state index in [1.807, 2.05) is 42.6 Å². The lowest BCUT2D eigenvalue weighted by Crippen LogP contribution is -2.21. The van der Waals surface area contributed by atoms with Gasteiger partial charge in [-0.15, -0.1) is 11.3 Å². The van der Waals surface area contributed by atoms with Crippen molar-refractivity contribution in [1.29, 1.82) is 0 Å². The van der Waals surface area contributed by atoms with Gasteiger partial charge in [0.05, 0.1) is 4.88 Å². The molecular weight excluding hydrogens is 344 g/mol. The SMILES string of the molecule is Cc1ccc(-c2ccsc2C(=O)Nc2ccc(C(=O)N(C)C)cc2)cc1. The van der Waals surface area contributed by atoms with Crippen LogP contribution < -0.4 is 5.32 Å². The van der Waals surface area contributed by atoms with E-state index in [2.05, 4.69) is 5.32 Å². The molecule has 1 N–H and O–H groups in total. The van der Waals surface area contributed by atoms with E-state index in [9.17, 15) is 9.59 Å². The van der Waals surface area contributed by atoms with Crippen molar-refractivity contribution >= 4 is 28.8 Å². The van der Waals surface area contributed by atoms with Crippen molar-refractivity contribution in [3.63, 3.8) is 0 Å². The third-order valence-electron chi connectivity index (χ3n) is 4.03. The second-order valence-electron chi connectivity index (χ2n) is 6.26. The molecule has 0 unspecified atom stereocenters. The van der Waals surface area contributed by atoms with Crippen molar-refractivity contribution in [1.82, 2.24) is 4.90 Å². The lowest BCUT2D eigenvalue weighted by Gasteiger charge is -2.11. The summed E-state index contributed by atoms with van der Waals surface area (Å²) in [5, 5.41) is 4.83. The monoisotopic (exact) mass is 364 g/mol. The second kappa shape index (κ2) is 7.54. The number of anilines is 1. The number of hydrogen-bond donors (Lipinski definition) is 1. The minimum absolute atomic E-state index is 0.0669. The van der Waals surface area contributed by atoms with Gasteiger partial charge < -0.3 is 10.2 Å². The molecule has 3 rings (SSSR count). The van der Waals surface area contributed by atoms with Crippen LogP contribution in [0.2, 0.25) is 0 Å². The van der Waals surface area contributed by atoms with Gasteiger partial charge in [-0.25, -0.2) is 0 Å². The maximum absolute atomic E-state index is 12.7. The van der Waals surface area contributed by atoms with Crippen molar-refractivity contribution < 1.29 is 9.59 Å². The maximum Gasteiger partial charge on any atom is 0.266 e. The predicted molar refractivity (Wildman–Crippen MR) is 107 cm³/mol. The summed E-state index contributed by atoms with van der Waals surface area (Å²) in [4.78, 5) is 26.8. The van der Waals surface area contributed by atoms with Gasteiger partial charge in [0.2, 0.25) is 0 Å². The van der Waals surface area contributed by atoms with E-state index >= 15 is 0 Å². The summed E-state index contributed by atoms with van der Waals surface area (Å²) in [6.45, 7) is 2.04. The summed E-state index contributed by atoms with van der Waals surface area (Å²) in [6, 6.07) is 17.0. The lowest BCUT2D eigenvalue weighted by atomic mass is 10.0. The number of aryl methyl sites for hydroxylation is 1. The number of benzene rings is 2. The summed E-state index contributed by atoms with van der Waals surface area (Å²) >= 11 is 1.42. The minimum Gasteiger partial charge on any atom is -0.345 e. The third-order valence-corrected chi connectivity index (χ3v) is 4.94.